The van der Waals surface area contributed by atoms with E-state index >= 15 is 0 Å². The van der Waals surface area contributed by atoms with Gasteiger partial charge in [-0.3, -0.25) is 9.69 Å². The minimum Gasteiger partial charge on any atom is -0.355 e. The van der Waals surface area contributed by atoms with E-state index in [9.17, 15) is 4.79 Å². The number of likely N-dealkylation sites (N-methyl/N-ethyl adjacent to an activating group) is 1. The lowest BCUT2D eigenvalue weighted by Crippen LogP contribution is -2.48. The van der Waals surface area contributed by atoms with Crippen molar-refractivity contribution in [1.82, 2.24) is 15.1 Å². The van der Waals surface area contributed by atoms with Gasteiger partial charge in [0.2, 0.25) is 5.91 Å². The van der Waals surface area contributed by atoms with Crippen LogP contribution in [-0.4, -0.2) is 62.0 Å². The van der Waals surface area contributed by atoms with Crippen molar-refractivity contribution in [3.8, 4) is 0 Å². The zero-order valence-electron chi connectivity index (χ0n) is 10.1. The second-order valence-electron chi connectivity index (χ2n) is 4.78. The Morgan fingerprint density at radius 2 is 1.87 bits per heavy atom. The summed E-state index contributed by atoms with van der Waals surface area (Å²) in [4.78, 5) is 16.0. The van der Waals surface area contributed by atoms with E-state index < -0.39 is 0 Å². The molecule has 1 aliphatic heterocycles. The molecule has 0 saturated carbocycles. The Labute approximate surface area is 92.6 Å². The first-order valence-electron chi connectivity index (χ1n) is 5.75. The van der Waals surface area contributed by atoms with Crippen molar-refractivity contribution in [1.29, 1.82) is 0 Å². The molecule has 0 atom stereocenters. The topological polar surface area (TPSA) is 35.6 Å². The lowest BCUT2D eigenvalue weighted by Gasteiger charge is -2.31. The van der Waals surface area contributed by atoms with Crippen LogP contribution < -0.4 is 5.32 Å². The van der Waals surface area contributed by atoms with Crippen LogP contribution in [0.3, 0.4) is 0 Å². The van der Waals surface area contributed by atoms with Crippen molar-refractivity contribution in [2.75, 3.05) is 46.3 Å². The van der Waals surface area contributed by atoms with Gasteiger partial charge in [0.15, 0.2) is 0 Å². The second kappa shape index (κ2) is 6.08. The summed E-state index contributed by atoms with van der Waals surface area (Å²) in [5, 5.41) is 2.95. The Hall–Kier alpha value is -0.610. The molecule has 0 aliphatic carbocycles. The summed E-state index contributed by atoms with van der Waals surface area (Å²) in [5.41, 5.74) is 0. The molecule has 0 bridgehead atoms. The van der Waals surface area contributed by atoms with Crippen LogP contribution >= 0.6 is 0 Å². The van der Waals surface area contributed by atoms with Gasteiger partial charge in [-0.2, -0.15) is 0 Å². The standard InChI is InChI=1S/C11H23N3O/c1-10(2)8-12-11(15)9-14-6-4-13(3)5-7-14/h10H,4-9H2,1-3H3,(H,12,15). The lowest BCUT2D eigenvalue weighted by molar-refractivity contribution is -0.122. The number of carbonyl (C=O) groups is 1. The van der Waals surface area contributed by atoms with Crippen LogP contribution in [0.15, 0.2) is 0 Å². The Morgan fingerprint density at radius 3 is 2.40 bits per heavy atom. The maximum atomic E-state index is 11.5. The predicted octanol–water partition coefficient (Wildman–Crippen LogP) is 0.00600. The molecule has 0 aromatic carbocycles. The smallest absolute Gasteiger partial charge is 0.234 e. The van der Waals surface area contributed by atoms with Gasteiger partial charge in [-0.1, -0.05) is 13.8 Å². The van der Waals surface area contributed by atoms with Crippen molar-refractivity contribution in [3.63, 3.8) is 0 Å². The van der Waals surface area contributed by atoms with E-state index in [2.05, 4.69) is 36.0 Å². The van der Waals surface area contributed by atoms with E-state index in [1.807, 2.05) is 0 Å². The van der Waals surface area contributed by atoms with Gasteiger partial charge < -0.3 is 10.2 Å². The van der Waals surface area contributed by atoms with Crippen molar-refractivity contribution in [3.05, 3.63) is 0 Å². The van der Waals surface area contributed by atoms with E-state index in [0.717, 1.165) is 32.7 Å². The van der Waals surface area contributed by atoms with Crippen molar-refractivity contribution >= 4 is 5.91 Å². The van der Waals surface area contributed by atoms with Crippen molar-refractivity contribution < 1.29 is 4.79 Å². The molecule has 1 N–H and O–H groups in total. The molecule has 1 fully saturated rings. The fourth-order valence-electron chi connectivity index (χ4n) is 1.58. The quantitative estimate of drug-likeness (QED) is 0.714. The molecular weight excluding hydrogens is 190 g/mol. The van der Waals surface area contributed by atoms with E-state index in [-0.39, 0.29) is 5.91 Å². The first-order valence-corrected chi connectivity index (χ1v) is 5.75. The Morgan fingerprint density at radius 1 is 1.27 bits per heavy atom. The molecule has 0 spiro atoms. The lowest BCUT2D eigenvalue weighted by atomic mass is 10.2. The number of hydrogen-bond acceptors (Lipinski definition) is 3. The number of rotatable bonds is 4. The molecule has 0 radical (unpaired) electrons. The minimum absolute atomic E-state index is 0.160. The number of nitrogens with one attached hydrogen (secondary N) is 1. The molecule has 15 heavy (non-hydrogen) atoms. The number of nitrogens with zero attached hydrogens (tertiary/aromatic N) is 2. The van der Waals surface area contributed by atoms with Crippen LogP contribution in [0.1, 0.15) is 13.8 Å². The third kappa shape index (κ3) is 5.14. The van der Waals surface area contributed by atoms with Gasteiger partial charge in [0.25, 0.3) is 0 Å². The average Bonchev–Trinajstić information content (AvgIpc) is 2.19. The molecule has 88 valence electrons. The van der Waals surface area contributed by atoms with Crippen LogP contribution in [0.5, 0.6) is 0 Å². The van der Waals surface area contributed by atoms with Gasteiger partial charge in [0, 0.05) is 32.7 Å². The van der Waals surface area contributed by atoms with Crippen LogP contribution in [0, 0.1) is 5.92 Å². The molecule has 4 heteroatoms. The number of hydrogen-bond donors (Lipinski definition) is 1. The summed E-state index contributed by atoms with van der Waals surface area (Å²) in [7, 11) is 2.12. The third-order valence-corrected chi connectivity index (χ3v) is 2.67. The van der Waals surface area contributed by atoms with Gasteiger partial charge in [-0.25, -0.2) is 0 Å². The largest absolute Gasteiger partial charge is 0.355 e. The van der Waals surface area contributed by atoms with E-state index in [0.29, 0.717) is 12.5 Å². The first kappa shape index (κ1) is 12.5. The number of amides is 1. The summed E-state index contributed by atoms with van der Waals surface area (Å²) < 4.78 is 0. The molecule has 1 heterocycles. The molecule has 1 aliphatic rings. The average molecular weight is 213 g/mol. The third-order valence-electron chi connectivity index (χ3n) is 2.67. The molecule has 1 rings (SSSR count). The second-order valence-corrected chi connectivity index (χ2v) is 4.78. The van der Waals surface area contributed by atoms with Crippen LogP contribution in [0.4, 0.5) is 0 Å². The maximum absolute atomic E-state index is 11.5. The normalized spacial score (nSPS) is 19.5. The van der Waals surface area contributed by atoms with Crippen LogP contribution in [-0.2, 0) is 4.79 Å². The van der Waals surface area contributed by atoms with Crippen LogP contribution in [0.2, 0.25) is 0 Å². The summed E-state index contributed by atoms with van der Waals surface area (Å²) >= 11 is 0. The summed E-state index contributed by atoms with van der Waals surface area (Å²) in [6, 6.07) is 0. The van der Waals surface area contributed by atoms with Crippen LogP contribution in [0.25, 0.3) is 0 Å². The SMILES string of the molecule is CC(C)CNC(=O)CN1CCN(C)CC1. The first-order chi connectivity index (χ1) is 7.08. The van der Waals surface area contributed by atoms with Gasteiger partial charge in [-0.05, 0) is 13.0 Å². The predicted molar refractivity (Wildman–Crippen MR) is 61.8 cm³/mol. The Bertz CT molecular complexity index is 198. The number of carbonyl (C=O) groups excluding carboxylic acids is 1. The van der Waals surface area contributed by atoms with E-state index in [1.54, 1.807) is 0 Å². The van der Waals surface area contributed by atoms with Crippen molar-refractivity contribution in [2.24, 2.45) is 5.92 Å². The highest BCUT2D eigenvalue weighted by Gasteiger charge is 2.16. The summed E-state index contributed by atoms with van der Waals surface area (Å²) in [6.45, 7) is 9.70. The van der Waals surface area contributed by atoms with Gasteiger partial charge in [0.05, 0.1) is 6.54 Å². The maximum Gasteiger partial charge on any atom is 0.234 e. The highest BCUT2D eigenvalue weighted by molar-refractivity contribution is 5.78. The monoisotopic (exact) mass is 213 g/mol. The highest BCUT2D eigenvalue weighted by Crippen LogP contribution is 1.98. The van der Waals surface area contributed by atoms with E-state index in [4.69, 9.17) is 0 Å². The van der Waals surface area contributed by atoms with Gasteiger partial charge >= 0.3 is 0 Å². The summed E-state index contributed by atoms with van der Waals surface area (Å²) in [6.07, 6.45) is 0. The molecule has 1 amide bonds. The van der Waals surface area contributed by atoms with E-state index in [1.165, 1.54) is 0 Å². The molecular formula is C11H23N3O. The number of piperazine rings is 1. The molecule has 0 aromatic rings. The summed E-state index contributed by atoms with van der Waals surface area (Å²) in [5.74, 6) is 0.690. The molecule has 1 saturated heterocycles. The van der Waals surface area contributed by atoms with Gasteiger partial charge in [-0.15, -0.1) is 0 Å². The Balaban J connectivity index is 2.15. The fourth-order valence-corrected chi connectivity index (χ4v) is 1.58. The van der Waals surface area contributed by atoms with Crippen molar-refractivity contribution in [2.45, 2.75) is 13.8 Å². The zero-order valence-corrected chi connectivity index (χ0v) is 10.1. The minimum atomic E-state index is 0.160. The van der Waals surface area contributed by atoms with Gasteiger partial charge in [0.1, 0.15) is 0 Å². The zero-order chi connectivity index (χ0) is 11.3. The molecule has 0 aromatic heterocycles. The Kier molecular flexibility index (Phi) is 5.05. The molecule has 0 unspecified atom stereocenters. The molecule has 4 nitrogen and oxygen atoms in total. The highest BCUT2D eigenvalue weighted by atomic mass is 16.2. The fraction of sp³-hybridized carbons (Fsp3) is 0.909.